The highest BCUT2D eigenvalue weighted by Gasteiger charge is 2.38. The van der Waals surface area contributed by atoms with Crippen molar-refractivity contribution in [3.8, 4) is 0 Å². The van der Waals surface area contributed by atoms with Crippen molar-refractivity contribution in [2.75, 3.05) is 0 Å². The van der Waals surface area contributed by atoms with Crippen LogP contribution in [0.15, 0.2) is 0 Å². The molecule has 6 heteroatoms. The third-order valence-electron chi connectivity index (χ3n) is 4.31. The van der Waals surface area contributed by atoms with E-state index in [1.165, 1.54) is 25.7 Å². The molecule has 108 valence electrons. The molecule has 4 heterocycles. The van der Waals surface area contributed by atoms with Crippen LogP contribution < -0.4 is 11.5 Å². The fourth-order valence-corrected chi connectivity index (χ4v) is 3.35. The second-order valence-corrected chi connectivity index (χ2v) is 5.55. The number of rotatable bonds is 0. The molecule has 4 aliphatic rings. The highest BCUT2D eigenvalue weighted by molar-refractivity contribution is 5.85. The second kappa shape index (κ2) is 6.73. The van der Waals surface area contributed by atoms with Crippen molar-refractivity contribution in [2.45, 2.75) is 75.0 Å². The van der Waals surface area contributed by atoms with Crippen molar-refractivity contribution in [3.63, 3.8) is 0 Å². The number of nitrogens with two attached hydrogens (primary N) is 2. The molecule has 0 aromatic carbocycles. The lowest BCUT2D eigenvalue weighted by atomic mass is 9.97. The average Bonchev–Trinajstić information content (AvgIpc) is 2.94. The summed E-state index contributed by atoms with van der Waals surface area (Å²) in [6, 6.07) is 0.711. The van der Waals surface area contributed by atoms with Crippen LogP contribution in [0.2, 0.25) is 0 Å². The smallest absolute Gasteiger partial charge is 0.0731 e. The minimum Gasteiger partial charge on any atom is -0.373 e. The summed E-state index contributed by atoms with van der Waals surface area (Å²) in [4.78, 5) is 0. The summed E-state index contributed by atoms with van der Waals surface area (Å²) in [6.07, 6.45) is 8.98. The maximum atomic E-state index is 5.69. The summed E-state index contributed by atoms with van der Waals surface area (Å²) in [5.41, 5.74) is 11.4. The Labute approximate surface area is 121 Å². The molecule has 4 nitrogen and oxygen atoms in total. The van der Waals surface area contributed by atoms with Crippen molar-refractivity contribution in [1.29, 1.82) is 0 Å². The molecule has 4 bridgehead atoms. The molecule has 0 aromatic heterocycles. The lowest BCUT2D eigenvalue weighted by Gasteiger charge is -2.11. The van der Waals surface area contributed by atoms with Gasteiger partial charge in [0.15, 0.2) is 0 Å². The topological polar surface area (TPSA) is 70.5 Å². The highest BCUT2D eigenvalue weighted by Crippen LogP contribution is 2.33. The molecule has 0 saturated carbocycles. The van der Waals surface area contributed by atoms with Crippen LogP contribution >= 0.6 is 24.8 Å². The summed E-state index contributed by atoms with van der Waals surface area (Å²) in [7, 11) is 0. The zero-order valence-electron chi connectivity index (χ0n) is 10.5. The van der Waals surface area contributed by atoms with Crippen molar-refractivity contribution in [3.05, 3.63) is 0 Å². The minimum absolute atomic E-state index is 0. The Bertz CT molecular complexity index is 240. The van der Waals surface area contributed by atoms with E-state index in [4.69, 9.17) is 20.9 Å². The summed E-state index contributed by atoms with van der Waals surface area (Å²) >= 11 is 0. The van der Waals surface area contributed by atoms with Crippen molar-refractivity contribution in [1.82, 2.24) is 0 Å². The summed E-state index contributed by atoms with van der Waals surface area (Å²) < 4.78 is 10.9. The predicted molar refractivity (Wildman–Crippen MR) is 75.5 cm³/mol. The molecule has 0 radical (unpaired) electrons. The molecular weight excluding hydrogens is 275 g/mol. The van der Waals surface area contributed by atoms with E-state index in [0.29, 0.717) is 36.5 Å². The van der Waals surface area contributed by atoms with Crippen LogP contribution in [0.3, 0.4) is 0 Å². The summed E-state index contributed by atoms with van der Waals surface area (Å²) in [6.45, 7) is 0. The zero-order valence-corrected chi connectivity index (χ0v) is 12.1. The largest absolute Gasteiger partial charge is 0.373 e. The van der Waals surface area contributed by atoms with Gasteiger partial charge in [0.1, 0.15) is 0 Å². The lowest BCUT2D eigenvalue weighted by molar-refractivity contribution is 0.101. The van der Waals surface area contributed by atoms with E-state index in [2.05, 4.69) is 0 Å². The van der Waals surface area contributed by atoms with Gasteiger partial charge in [0.05, 0.1) is 24.4 Å². The van der Waals surface area contributed by atoms with E-state index >= 15 is 0 Å². The number of halogens is 2. The predicted octanol–water partition coefficient (Wildman–Crippen LogP) is 1.37. The van der Waals surface area contributed by atoms with E-state index in [-0.39, 0.29) is 24.8 Å². The maximum Gasteiger partial charge on any atom is 0.0731 e. The lowest BCUT2D eigenvalue weighted by Crippen LogP contribution is -2.30. The molecule has 18 heavy (non-hydrogen) atoms. The standard InChI is InChI=1S/2C6H11NO.2ClH/c2*7-5-3-4-1-2-6(5)8-4;;/h2*4-6H,1-3,7H2;2*1H/t2*4-,5+,6+;;/m10../s1. The van der Waals surface area contributed by atoms with Gasteiger partial charge in [0, 0.05) is 12.1 Å². The Morgan fingerprint density at radius 1 is 0.667 bits per heavy atom. The molecule has 4 rings (SSSR count). The highest BCUT2D eigenvalue weighted by atomic mass is 35.5. The van der Waals surface area contributed by atoms with Gasteiger partial charge < -0.3 is 20.9 Å². The van der Waals surface area contributed by atoms with Gasteiger partial charge in [-0.25, -0.2) is 0 Å². The average molecular weight is 299 g/mol. The van der Waals surface area contributed by atoms with E-state index in [0.717, 1.165) is 12.8 Å². The van der Waals surface area contributed by atoms with Crippen LogP contribution in [0.4, 0.5) is 0 Å². The Morgan fingerprint density at radius 3 is 1.17 bits per heavy atom. The molecule has 0 unspecified atom stereocenters. The third kappa shape index (κ3) is 3.30. The zero-order chi connectivity index (χ0) is 11.1. The quantitative estimate of drug-likeness (QED) is 0.709. The van der Waals surface area contributed by atoms with Crippen LogP contribution in [0.5, 0.6) is 0 Å². The molecular formula is C12H24Cl2N2O2. The Hall–Kier alpha value is 0.420. The Balaban J connectivity index is 0.000000162. The first-order valence-electron chi connectivity index (χ1n) is 6.54. The van der Waals surface area contributed by atoms with Crippen LogP contribution in [-0.4, -0.2) is 36.5 Å². The fourth-order valence-electron chi connectivity index (χ4n) is 3.35. The Morgan fingerprint density at radius 2 is 1.06 bits per heavy atom. The molecule has 4 saturated heterocycles. The summed E-state index contributed by atoms with van der Waals surface area (Å²) in [5.74, 6) is 0. The van der Waals surface area contributed by atoms with Crippen LogP contribution in [0, 0.1) is 0 Å². The maximum absolute atomic E-state index is 5.69. The fraction of sp³-hybridized carbons (Fsp3) is 1.00. The van der Waals surface area contributed by atoms with Gasteiger partial charge in [-0.2, -0.15) is 0 Å². The van der Waals surface area contributed by atoms with Crippen molar-refractivity contribution < 1.29 is 9.47 Å². The first kappa shape index (κ1) is 16.5. The number of hydrogen-bond donors (Lipinski definition) is 2. The van der Waals surface area contributed by atoms with Crippen molar-refractivity contribution in [2.24, 2.45) is 11.5 Å². The first-order chi connectivity index (χ1) is 7.72. The van der Waals surface area contributed by atoms with Crippen LogP contribution in [0.1, 0.15) is 38.5 Å². The molecule has 0 amide bonds. The SMILES string of the molecule is Cl.Cl.N[C@@H]1C[C@@H]2CC[C@H]1O2.N[C@H]1C[C@H]2CC[C@@H]1O2. The van der Waals surface area contributed by atoms with E-state index in [1.54, 1.807) is 0 Å². The van der Waals surface area contributed by atoms with Gasteiger partial charge in [-0.3, -0.25) is 0 Å². The molecule has 0 spiro atoms. The third-order valence-corrected chi connectivity index (χ3v) is 4.31. The van der Waals surface area contributed by atoms with Gasteiger partial charge in [-0.15, -0.1) is 24.8 Å². The van der Waals surface area contributed by atoms with Crippen LogP contribution in [-0.2, 0) is 9.47 Å². The monoisotopic (exact) mass is 298 g/mol. The van der Waals surface area contributed by atoms with Crippen LogP contribution in [0.25, 0.3) is 0 Å². The van der Waals surface area contributed by atoms with Gasteiger partial charge in [-0.05, 0) is 38.5 Å². The normalized spacial score (nSPS) is 47.0. The number of ether oxygens (including phenoxy) is 2. The number of fused-ring (bicyclic) bond motifs is 4. The van der Waals surface area contributed by atoms with Gasteiger partial charge in [0.25, 0.3) is 0 Å². The molecule has 4 aliphatic heterocycles. The number of hydrogen-bond acceptors (Lipinski definition) is 4. The summed E-state index contributed by atoms with van der Waals surface area (Å²) in [5, 5.41) is 0. The van der Waals surface area contributed by atoms with E-state index < -0.39 is 0 Å². The Kier molecular flexibility index (Phi) is 6.16. The van der Waals surface area contributed by atoms with Crippen molar-refractivity contribution >= 4 is 24.8 Å². The molecule has 4 fully saturated rings. The van der Waals surface area contributed by atoms with Gasteiger partial charge >= 0.3 is 0 Å². The molecule has 0 aliphatic carbocycles. The second-order valence-electron chi connectivity index (χ2n) is 5.55. The van der Waals surface area contributed by atoms with Gasteiger partial charge in [0.2, 0.25) is 0 Å². The molecule has 6 atom stereocenters. The van der Waals surface area contributed by atoms with E-state index in [1.807, 2.05) is 0 Å². The van der Waals surface area contributed by atoms with Gasteiger partial charge in [-0.1, -0.05) is 0 Å². The first-order valence-corrected chi connectivity index (χ1v) is 6.54. The van der Waals surface area contributed by atoms with E-state index in [9.17, 15) is 0 Å². The minimum atomic E-state index is 0. The molecule has 4 N–H and O–H groups in total. The molecule has 0 aromatic rings.